The molecule has 3 rings (SSSR count). The topological polar surface area (TPSA) is 46.6 Å². The van der Waals surface area contributed by atoms with Crippen LogP contribution in [-0.2, 0) is 27.8 Å². The molecule has 1 aliphatic carbocycles. The Morgan fingerprint density at radius 2 is 1.89 bits per heavy atom. The summed E-state index contributed by atoms with van der Waals surface area (Å²) in [5.74, 6) is 0.00288. The normalized spacial score (nSPS) is 23.2. The lowest BCUT2D eigenvalue weighted by Crippen LogP contribution is -2.63. The number of Topliss-reactive ketones (excluding diaryl/α,β-unsaturated/α-hetero) is 1. The van der Waals surface area contributed by atoms with E-state index >= 15 is 0 Å². The van der Waals surface area contributed by atoms with Crippen molar-refractivity contribution in [2.75, 3.05) is 4.90 Å². The molecular formula is C23H30BrNO3. The van der Waals surface area contributed by atoms with Gasteiger partial charge in [-0.25, -0.2) is 4.79 Å². The van der Waals surface area contributed by atoms with Crippen LogP contribution in [0.1, 0.15) is 71.1 Å². The van der Waals surface area contributed by atoms with Gasteiger partial charge in [0.25, 0.3) is 0 Å². The molecule has 1 atom stereocenters. The fourth-order valence-electron chi connectivity index (χ4n) is 4.69. The fourth-order valence-corrected chi connectivity index (χ4v) is 5.35. The first-order chi connectivity index (χ1) is 12.8. The number of nitrogens with zero attached hydrogens (tertiary/aromatic N) is 1. The van der Waals surface area contributed by atoms with Gasteiger partial charge < -0.3 is 4.74 Å². The average Bonchev–Trinajstić information content (AvgIpc) is 3.03. The molecule has 0 saturated carbocycles. The molecule has 28 heavy (non-hydrogen) atoms. The third kappa shape index (κ3) is 3.12. The minimum atomic E-state index is -1.02. The van der Waals surface area contributed by atoms with Crippen LogP contribution in [0.25, 0.3) is 0 Å². The van der Waals surface area contributed by atoms with Crippen LogP contribution in [0.3, 0.4) is 0 Å². The molecule has 0 aromatic heterocycles. The maximum Gasteiger partial charge on any atom is 0.415 e. The Morgan fingerprint density at radius 3 is 2.46 bits per heavy atom. The van der Waals surface area contributed by atoms with Crippen LogP contribution >= 0.6 is 15.9 Å². The Balaban J connectivity index is 2.34. The minimum Gasteiger partial charge on any atom is -0.443 e. The number of hydrogen-bond donors (Lipinski definition) is 0. The highest BCUT2D eigenvalue weighted by Gasteiger charge is 2.55. The molecular weight excluding hydrogens is 418 g/mol. The first kappa shape index (κ1) is 21.1. The van der Waals surface area contributed by atoms with Gasteiger partial charge in [0.2, 0.25) is 0 Å². The van der Waals surface area contributed by atoms with Gasteiger partial charge in [-0.2, -0.15) is 0 Å². The van der Waals surface area contributed by atoms with E-state index in [0.29, 0.717) is 6.42 Å². The number of anilines is 1. The number of allylic oxidation sites excluding steroid dienone is 1. The summed E-state index contributed by atoms with van der Waals surface area (Å²) in [6, 6.07) is 2.04. The van der Waals surface area contributed by atoms with Crippen LogP contribution in [-0.4, -0.2) is 23.0 Å². The van der Waals surface area contributed by atoms with Crippen LogP contribution in [0.15, 0.2) is 23.2 Å². The summed E-state index contributed by atoms with van der Waals surface area (Å²) in [7, 11) is 0. The first-order valence-corrected chi connectivity index (χ1v) is 10.7. The molecule has 0 radical (unpaired) electrons. The SMILES string of the molecule is C=CCC1(C)C(=O)C(C)(C)N(C(=O)OC(C)(C)C)c2c1cc(Br)c1c2CCC1. The van der Waals surface area contributed by atoms with Crippen molar-refractivity contribution in [2.24, 2.45) is 0 Å². The number of benzene rings is 1. The van der Waals surface area contributed by atoms with E-state index in [1.54, 1.807) is 11.0 Å². The van der Waals surface area contributed by atoms with Gasteiger partial charge in [-0.3, -0.25) is 9.69 Å². The van der Waals surface area contributed by atoms with E-state index < -0.39 is 22.6 Å². The number of fused-ring (bicyclic) bond motifs is 3. The molecule has 1 unspecified atom stereocenters. The first-order valence-electron chi connectivity index (χ1n) is 9.88. The number of rotatable bonds is 2. The van der Waals surface area contributed by atoms with Crippen LogP contribution in [0, 0.1) is 0 Å². The number of halogens is 1. The maximum absolute atomic E-state index is 13.7. The zero-order chi connectivity index (χ0) is 21.1. The standard InChI is InChI=1S/C23H30BrNO3/c1-8-12-23(7)16-13-17(24)14-10-9-11-15(14)18(16)25(22(5,6)19(23)26)20(27)28-21(2,3)4/h8,13H,1,9-12H2,2-7H3. The summed E-state index contributed by atoms with van der Waals surface area (Å²) in [5, 5.41) is 0. The Labute approximate surface area is 176 Å². The van der Waals surface area contributed by atoms with Crippen molar-refractivity contribution in [1.29, 1.82) is 0 Å². The van der Waals surface area contributed by atoms with Crippen molar-refractivity contribution in [3.05, 3.63) is 39.9 Å². The van der Waals surface area contributed by atoms with Gasteiger partial charge in [0, 0.05) is 4.47 Å². The third-order valence-corrected chi connectivity index (χ3v) is 6.59. The molecule has 1 aliphatic heterocycles. The van der Waals surface area contributed by atoms with Gasteiger partial charge >= 0.3 is 6.09 Å². The van der Waals surface area contributed by atoms with E-state index in [2.05, 4.69) is 22.5 Å². The zero-order valence-electron chi connectivity index (χ0n) is 17.7. The van der Waals surface area contributed by atoms with E-state index in [0.717, 1.165) is 40.5 Å². The second-order valence-corrected chi connectivity index (χ2v) is 10.4. The van der Waals surface area contributed by atoms with Gasteiger partial charge in [-0.1, -0.05) is 22.0 Å². The molecule has 1 amide bonds. The van der Waals surface area contributed by atoms with Crippen molar-refractivity contribution in [1.82, 2.24) is 0 Å². The van der Waals surface area contributed by atoms with Crippen molar-refractivity contribution in [3.8, 4) is 0 Å². The fraction of sp³-hybridized carbons (Fsp3) is 0.565. The highest BCUT2D eigenvalue weighted by molar-refractivity contribution is 9.10. The number of ketones is 1. The molecule has 1 aromatic carbocycles. The number of ether oxygens (including phenoxy) is 1. The van der Waals surface area contributed by atoms with Crippen LogP contribution in [0.5, 0.6) is 0 Å². The lowest BCUT2D eigenvalue weighted by atomic mass is 9.65. The molecule has 4 nitrogen and oxygen atoms in total. The Bertz CT molecular complexity index is 866. The lowest BCUT2D eigenvalue weighted by molar-refractivity contribution is -0.129. The molecule has 152 valence electrons. The highest BCUT2D eigenvalue weighted by atomic mass is 79.9. The van der Waals surface area contributed by atoms with Crippen molar-refractivity contribution in [3.63, 3.8) is 0 Å². The monoisotopic (exact) mass is 447 g/mol. The average molecular weight is 448 g/mol. The molecule has 5 heteroatoms. The van der Waals surface area contributed by atoms with Crippen LogP contribution in [0.4, 0.5) is 10.5 Å². The Morgan fingerprint density at radius 1 is 1.29 bits per heavy atom. The molecule has 0 saturated heterocycles. The summed E-state index contributed by atoms with van der Waals surface area (Å²) in [4.78, 5) is 28.6. The number of carbonyl (C=O) groups is 2. The smallest absolute Gasteiger partial charge is 0.415 e. The summed E-state index contributed by atoms with van der Waals surface area (Å²) in [5.41, 5.74) is 1.74. The number of amides is 1. The van der Waals surface area contributed by atoms with Crippen LogP contribution in [0.2, 0.25) is 0 Å². The summed E-state index contributed by atoms with van der Waals surface area (Å²) < 4.78 is 6.76. The molecule has 0 bridgehead atoms. The van der Waals surface area contributed by atoms with E-state index in [1.807, 2.05) is 47.6 Å². The zero-order valence-corrected chi connectivity index (χ0v) is 19.3. The van der Waals surface area contributed by atoms with Gasteiger partial charge in [0.15, 0.2) is 5.78 Å². The predicted octanol–water partition coefficient (Wildman–Crippen LogP) is 5.87. The Hall–Kier alpha value is -1.62. The third-order valence-electron chi connectivity index (χ3n) is 5.88. The second kappa shape index (κ2) is 6.72. The second-order valence-electron chi connectivity index (χ2n) is 9.59. The maximum atomic E-state index is 13.7. The molecule has 1 aromatic rings. The molecule has 0 N–H and O–H groups in total. The van der Waals surface area contributed by atoms with E-state index in [4.69, 9.17) is 4.74 Å². The van der Waals surface area contributed by atoms with Gasteiger partial charge in [0.05, 0.1) is 11.1 Å². The largest absolute Gasteiger partial charge is 0.443 e. The minimum absolute atomic E-state index is 0.00288. The highest BCUT2D eigenvalue weighted by Crippen LogP contribution is 2.52. The molecule has 0 fully saturated rings. The van der Waals surface area contributed by atoms with Gasteiger partial charge in [0.1, 0.15) is 11.1 Å². The number of carbonyl (C=O) groups excluding carboxylic acids is 2. The molecule has 0 spiro atoms. The quantitative estimate of drug-likeness (QED) is 0.532. The van der Waals surface area contributed by atoms with Gasteiger partial charge in [-0.05, 0) is 90.0 Å². The summed E-state index contributed by atoms with van der Waals surface area (Å²) >= 11 is 3.71. The molecule has 2 aliphatic rings. The summed E-state index contributed by atoms with van der Waals surface area (Å²) in [6.45, 7) is 15.0. The van der Waals surface area contributed by atoms with E-state index in [9.17, 15) is 9.59 Å². The Kier molecular flexibility index (Phi) is 5.06. The van der Waals surface area contributed by atoms with Crippen molar-refractivity contribution in [2.45, 2.75) is 83.8 Å². The predicted molar refractivity (Wildman–Crippen MR) is 116 cm³/mol. The lowest BCUT2D eigenvalue weighted by Gasteiger charge is -2.50. The van der Waals surface area contributed by atoms with Crippen LogP contribution < -0.4 is 4.90 Å². The van der Waals surface area contributed by atoms with Crippen molar-refractivity contribution >= 4 is 33.5 Å². The van der Waals surface area contributed by atoms with Gasteiger partial charge in [-0.15, -0.1) is 6.58 Å². The summed E-state index contributed by atoms with van der Waals surface area (Å²) in [6.07, 6.45) is 4.75. The molecule has 1 heterocycles. The van der Waals surface area contributed by atoms with E-state index in [-0.39, 0.29) is 5.78 Å². The van der Waals surface area contributed by atoms with E-state index in [1.165, 1.54) is 5.56 Å². The van der Waals surface area contributed by atoms with Crippen molar-refractivity contribution < 1.29 is 14.3 Å². The number of hydrogen-bond acceptors (Lipinski definition) is 3.